The molecule has 0 spiro atoms. The summed E-state index contributed by atoms with van der Waals surface area (Å²) in [5.41, 5.74) is 1.31. The van der Waals surface area contributed by atoms with E-state index >= 15 is 0 Å². The van der Waals surface area contributed by atoms with Gasteiger partial charge in [0.05, 0.1) is 7.11 Å². The van der Waals surface area contributed by atoms with Crippen molar-refractivity contribution in [2.75, 3.05) is 7.11 Å². The molecule has 0 unspecified atom stereocenters. The first kappa shape index (κ1) is 9.97. The van der Waals surface area contributed by atoms with E-state index in [1.165, 1.54) is 10.9 Å². The van der Waals surface area contributed by atoms with E-state index in [0.717, 1.165) is 5.39 Å². The number of hydrogen-bond acceptors (Lipinski definition) is 2. The third-order valence-corrected chi connectivity index (χ3v) is 2.61. The Balaban J connectivity index is 2.67. The van der Waals surface area contributed by atoms with E-state index in [1.807, 2.05) is 6.07 Å². The maximum atomic E-state index is 5.25. The molecule has 0 aliphatic rings. The number of nitrogens with zero attached hydrogens (tertiary/aromatic N) is 1. The van der Waals surface area contributed by atoms with E-state index in [4.69, 9.17) is 4.74 Å². The fourth-order valence-electron chi connectivity index (χ4n) is 1.68. The van der Waals surface area contributed by atoms with E-state index in [1.54, 1.807) is 13.3 Å². The van der Waals surface area contributed by atoms with Gasteiger partial charge in [0.25, 0.3) is 0 Å². The zero-order chi connectivity index (χ0) is 10.8. The molecule has 0 aliphatic heterocycles. The van der Waals surface area contributed by atoms with Crippen molar-refractivity contribution in [2.24, 2.45) is 0 Å². The van der Waals surface area contributed by atoms with Crippen molar-refractivity contribution in [3.8, 4) is 5.88 Å². The molecule has 1 aromatic heterocycles. The van der Waals surface area contributed by atoms with Gasteiger partial charge >= 0.3 is 0 Å². The predicted molar refractivity (Wildman–Crippen MR) is 62.4 cm³/mol. The Hall–Kier alpha value is -1.57. The van der Waals surface area contributed by atoms with E-state index in [-0.39, 0.29) is 0 Å². The van der Waals surface area contributed by atoms with Crippen molar-refractivity contribution in [1.29, 1.82) is 0 Å². The smallest absolute Gasteiger partial charge is 0.221 e. The number of hydrogen-bond donors (Lipinski definition) is 0. The van der Waals surface area contributed by atoms with Crippen LogP contribution in [0, 0.1) is 0 Å². The number of ether oxygens (including phenoxy) is 1. The summed E-state index contributed by atoms with van der Waals surface area (Å²) in [6.07, 6.45) is 1.77. The van der Waals surface area contributed by atoms with Crippen LogP contribution in [0.3, 0.4) is 0 Å². The highest BCUT2D eigenvalue weighted by molar-refractivity contribution is 5.87. The van der Waals surface area contributed by atoms with Crippen LogP contribution in [-0.4, -0.2) is 12.1 Å². The Bertz CT molecular complexity index is 477. The minimum Gasteiger partial charge on any atom is -0.481 e. The number of benzene rings is 1. The third kappa shape index (κ3) is 1.80. The predicted octanol–water partition coefficient (Wildman–Crippen LogP) is 3.37. The van der Waals surface area contributed by atoms with Gasteiger partial charge in [-0.3, -0.25) is 0 Å². The second-order valence-electron chi connectivity index (χ2n) is 3.96. The Kier molecular flexibility index (Phi) is 2.58. The van der Waals surface area contributed by atoms with Crippen LogP contribution in [0.1, 0.15) is 25.3 Å². The molecule has 2 heteroatoms. The van der Waals surface area contributed by atoms with Crippen LogP contribution in [0.4, 0.5) is 0 Å². The van der Waals surface area contributed by atoms with E-state index in [0.29, 0.717) is 11.8 Å². The van der Waals surface area contributed by atoms with Crippen LogP contribution >= 0.6 is 0 Å². The Morgan fingerprint density at radius 3 is 2.67 bits per heavy atom. The fourth-order valence-corrected chi connectivity index (χ4v) is 1.68. The molecule has 0 saturated carbocycles. The Labute approximate surface area is 89.9 Å². The highest BCUT2D eigenvalue weighted by Gasteiger charge is 2.05. The van der Waals surface area contributed by atoms with Gasteiger partial charge in [-0.2, -0.15) is 0 Å². The van der Waals surface area contributed by atoms with Gasteiger partial charge in [-0.05, 0) is 29.0 Å². The van der Waals surface area contributed by atoms with Gasteiger partial charge in [-0.25, -0.2) is 4.98 Å². The molecule has 0 N–H and O–H groups in total. The number of methoxy groups -OCH3 is 1. The fraction of sp³-hybridized carbons (Fsp3) is 0.308. The minimum atomic E-state index is 0.527. The van der Waals surface area contributed by atoms with Gasteiger partial charge in [0.1, 0.15) is 0 Å². The number of pyridine rings is 1. The molecule has 0 atom stereocenters. The largest absolute Gasteiger partial charge is 0.481 e. The van der Waals surface area contributed by atoms with Gasteiger partial charge in [0.15, 0.2) is 0 Å². The molecule has 2 aromatic rings. The standard InChI is InChI=1S/C13H15NO/c1-9(2)11-5-4-10-6-7-14-13(15-3)12(10)8-11/h4-9H,1-3H3. The molecule has 2 nitrogen and oxygen atoms in total. The highest BCUT2D eigenvalue weighted by atomic mass is 16.5. The van der Waals surface area contributed by atoms with Crippen molar-refractivity contribution in [1.82, 2.24) is 4.98 Å². The second kappa shape index (κ2) is 3.89. The first-order valence-corrected chi connectivity index (χ1v) is 5.15. The molecule has 15 heavy (non-hydrogen) atoms. The van der Waals surface area contributed by atoms with Crippen LogP contribution in [0.2, 0.25) is 0 Å². The Morgan fingerprint density at radius 2 is 2.00 bits per heavy atom. The van der Waals surface area contributed by atoms with Crippen LogP contribution in [-0.2, 0) is 0 Å². The topological polar surface area (TPSA) is 22.1 Å². The summed E-state index contributed by atoms with van der Waals surface area (Å²) in [6.45, 7) is 4.37. The summed E-state index contributed by atoms with van der Waals surface area (Å²) in [6, 6.07) is 8.44. The second-order valence-corrected chi connectivity index (χ2v) is 3.96. The first-order valence-electron chi connectivity index (χ1n) is 5.15. The van der Waals surface area contributed by atoms with Crippen molar-refractivity contribution in [2.45, 2.75) is 19.8 Å². The molecule has 0 aliphatic carbocycles. The maximum absolute atomic E-state index is 5.25. The zero-order valence-electron chi connectivity index (χ0n) is 9.32. The molecule has 1 heterocycles. The zero-order valence-corrected chi connectivity index (χ0v) is 9.32. The molecule has 0 fully saturated rings. The van der Waals surface area contributed by atoms with E-state index in [2.05, 4.69) is 37.0 Å². The highest BCUT2D eigenvalue weighted by Crippen LogP contribution is 2.26. The molecule has 1 aromatic carbocycles. The lowest BCUT2D eigenvalue weighted by Crippen LogP contribution is -1.91. The van der Waals surface area contributed by atoms with Crippen molar-refractivity contribution >= 4 is 10.8 Å². The molecule has 0 bridgehead atoms. The van der Waals surface area contributed by atoms with Gasteiger partial charge in [-0.15, -0.1) is 0 Å². The summed E-state index contributed by atoms with van der Waals surface area (Å²) in [5.74, 6) is 1.23. The van der Waals surface area contributed by atoms with Crippen LogP contribution in [0.15, 0.2) is 30.5 Å². The lowest BCUT2D eigenvalue weighted by molar-refractivity contribution is 0.403. The summed E-state index contributed by atoms with van der Waals surface area (Å²) in [5, 5.41) is 2.26. The normalized spacial score (nSPS) is 10.9. The van der Waals surface area contributed by atoms with Gasteiger partial charge in [0, 0.05) is 11.6 Å². The van der Waals surface area contributed by atoms with Gasteiger partial charge < -0.3 is 4.74 Å². The number of aromatic nitrogens is 1. The SMILES string of the molecule is COc1nccc2ccc(C(C)C)cc12. The maximum Gasteiger partial charge on any atom is 0.221 e. The molecule has 2 rings (SSSR count). The third-order valence-electron chi connectivity index (χ3n) is 2.61. The number of rotatable bonds is 2. The quantitative estimate of drug-likeness (QED) is 0.743. The van der Waals surface area contributed by atoms with E-state index in [9.17, 15) is 0 Å². The molecule has 0 amide bonds. The Morgan fingerprint density at radius 1 is 1.20 bits per heavy atom. The minimum absolute atomic E-state index is 0.527. The molecule has 0 saturated heterocycles. The number of fused-ring (bicyclic) bond motifs is 1. The average Bonchev–Trinajstić information content (AvgIpc) is 2.27. The van der Waals surface area contributed by atoms with Gasteiger partial charge in [0.2, 0.25) is 5.88 Å². The monoisotopic (exact) mass is 201 g/mol. The lowest BCUT2D eigenvalue weighted by atomic mass is 10.0. The summed E-state index contributed by atoms with van der Waals surface area (Å²) < 4.78 is 5.25. The molecular formula is C13H15NO. The first-order chi connectivity index (χ1) is 7.22. The summed E-state index contributed by atoms with van der Waals surface area (Å²) in [7, 11) is 1.66. The van der Waals surface area contributed by atoms with Gasteiger partial charge in [-0.1, -0.05) is 26.0 Å². The molecular weight excluding hydrogens is 186 g/mol. The van der Waals surface area contributed by atoms with E-state index < -0.39 is 0 Å². The van der Waals surface area contributed by atoms with Crippen molar-refractivity contribution < 1.29 is 4.74 Å². The summed E-state index contributed by atoms with van der Waals surface area (Å²) in [4.78, 5) is 4.20. The molecule has 78 valence electrons. The molecule has 0 radical (unpaired) electrons. The van der Waals surface area contributed by atoms with Crippen LogP contribution < -0.4 is 4.74 Å². The lowest BCUT2D eigenvalue weighted by Gasteiger charge is -2.08. The van der Waals surface area contributed by atoms with Crippen molar-refractivity contribution in [3.05, 3.63) is 36.0 Å². The average molecular weight is 201 g/mol. The van der Waals surface area contributed by atoms with Crippen LogP contribution in [0.25, 0.3) is 10.8 Å². The van der Waals surface area contributed by atoms with Crippen LogP contribution in [0.5, 0.6) is 5.88 Å². The van der Waals surface area contributed by atoms with Crippen molar-refractivity contribution in [3.63, 3.8) is 0 Å². The summed E-state index contributed by atoms with van der Waals surface area (Å²) >= 11 is 0.